The number of Topliss-reactive ketones (excluding diaryl/α,β-unsaturated/α-hetero) is 1. The van der Waals surface area contributed by atoms with Gasteiger partial charge in [0.05, 0.1) is 15.6 Å². The van der Waals surface area contributed by atoms with E-state index in [1.807, 2.05) is 0 Å². The van der Waals surface area contributed by atoms with Crippen molar-refractivity contribution in [3.8, 4) is 0 Å². The molecule has 0 unspecified atom stereocenters. The molecule has 0 saturated heterocycles. The molecule has 0 atom stereocenters. The second-order valence-corrected chi connectivity index (χ2v) is 3.71. The van der Waals surface area contributed by atoms with Crippen molar-refractivity contribution in [1.82, 2.24) is 0 Å². The summed E-state index contributed by atoms with van der Waals surface area (Å²) < 4.78 is 61.2. The van der Waals surface area contributed by atoms with Crippen LogP contribution in [0.2, 0.25) is 10.0 Å². The van der Waals surface area contributed by atoms with Gasteiger partial charge in [0, 0.05) is 5.56 Å². The molecule has 8 heteroatoms. The molecule has 0 aliphatic carbocycles. The predicted molar refractivity (Wildman–Crippen MR) is 51.8 cm³/mol. The highest BCUT2D eigenvalue weighted by Crippen LogP contribution is 2.39. The van der Waals surface area contributed by atoms with E-state index in [1.165, 1.54) is 0 Å². The minimum atomic E-state index is -4.77. The fourth-order valence-corrected chi connectivity index (χ4v) is 1.61. The van der Waals surface area contributed by atoms with Gasteiger partial charge < -0.3 is 0 Å². The van der Waals surface area contributed by atoms with E-state index in [4.69, 9.17) is 23.2 Å². The highest BCUT2D eigenvalue weighted by Gasteiger charge is 2.35. The molecule has 0 aliphatic heterocycles. The molecule has 0 heterocycles. The summed E-state index contributed by atoms with van der Waals surface area (Å²) in [5.74, 6) is -1.68. The molecule has 1 rings (SSSR count). The molecule has 0 aromatic heterocycles. The second-order valence-electron chi connectivity index (χ2n) is 2.95. The minimum Gasteiger partial charge on any atom is -0.288 e. The van der Waals surface area contributed by atoms with E-state index in [0.29, 0.717) is 12.1 Å². The van der Waals surface area contributed by atoms with Gasteiger partial charge in [0.15, 0.2) is 0 Å². The van der Waals surface area contributed by atoms with Gasteiger partial charge in [-0.3, -0.25) is 4.79 Å². The fraction of sp³-hybridized carbons (Fsp3) is 0.222. The van der Waals surface area contributed by atoms with Crippen LogP contribution in [0.15, 0.2) is 12.1 Å². The normalized spacial score (nSPS) is 12.0. The van der Waals surface area contributed by atoms with E-state index in [9.17, 15) is 26.7 Å². The molecule has 0 bridgehead atoms. The van der Waals surface area contributed by atoms with E-state index in [1.54, 1.807) is 0 Å². The molecule has 0 amide bonds. The van der Waals surface area contributed by atoms with Crippen molar-refractivity contribution in [2.75, 3.05) is 0 Å². The number of carbonyl (C=O) groups excluding carboxylic acids is 1. The lowest BCUT2D eigenvalue weighted by Crippen LogP contribution is -2.13. The first-order valence-electron chi connectivity index (χ1n) is 4.03. The molecule has 1 aromatic carbocycles. The highest BCUT2D eigenvalue weighted by atomic mass is 35.5. The quantitative estimate of drug-likeness (QED) is 0.581. The Bertz CT molecular complexity index is 455. The molecule has 0 aliphatic rings. The summed E-state index contributed by atoms with van der Waals surface area (Å²) in [5.41, 5.74) is -2.02. The summed E-state index contributed by atoms with van der Waals surface area (Å²) in [6.45, 7) is 0. The molecule has 17 heavy (non-hydrogen) atoms. The second kappa shape index (κ2) is 4.78. The molecule has 94 valence electrons. The zero-order valence-electron chi connectivity index (χ0n) is 7.79. The molecule has 0 radical (unpaired) electrons. The Morgan fingerprint density at radius 3 is 2.06 bits per heavy atom. The zero-order chi connectivity index (χ0) is 13.4. The fourth-order valence-electron chi connectivity index (χ4n) is 1.08. The Balaban J connectivity index is 3.35. The maximum atomic E-state index is 12.3. The summed E-state index contributed by atoms with van der Waals surface area (Å²) in [5, 5.41) is -1.79. The van der Waals surface area contributed by atoms with Gasteiger partial charge in [-0.05, 0) is 12.1 Å². The molecule has 0 saturated carbocycles. The first kappa shape index (κ1) is 14.2. The third-order valence-corrected chi connectivity index (χ3v) is 2.73. The minimum absolute atomic E-state index is 0.434. The molecular weight excluding hydrogens is 290 g/mol. The van der Waals surface area contributed by atoms with Crippen molar-refractivity contribution in [3.05, 3.63) is 33.3 Å². The van der Waals surface area contributed by atoms with Gasteiger partial charge in [-0.25, -0.2) is 8.78 Å². The van der Waals surface area contributed by atoms with Crippen LogP contribution in [0.25, 0.3) is 0 Å². The number of carbonyl (C=O) groups is 1. The number of alkyl halides is 5. The average Bonchev–Trinajstić information content (AvgIpc) is 2.19. The number of rotatable bonds is 2. The van der Waals surface area contributed by atoms with E-state index in [2.05, 4.69) is 0 Å². The van der Waals surface area contributed by atoms with Gasteiger partial charge in [-0.15, -0.1) is 0 Å². The SMILES string of the molecule is O=C(c1ccc(C(F)(F)F)c(Cl)c1Cl)C(F)F. The van der Waals surface area contributed by atoms with Gasteiger partial charge in [0.1, 0.15) is 0 Å². The lowest BCUT2D eigenvalue weighted by Gasteiger charge is -2.12. The Labute approximate surface area is 102 Å². The largest absolute Gasteiger partial charge is 0.417 e. The molecular formula is C9H3Cl2F5O. The molecule has 1 nitrogen and oxygen atoms in total. The van der Waals surface area contributed by atoms with Crippen LogP contribution in [0.5, 0.6) is 0 Å². The smallest absolute Gasteiger partial charge is 0.288 e. The Morgan fingerprint density at radius 1 is 1.12 bits per heavy atom. The molecule has 1 aromatic rings. The monoisotopic (exact) mass is 292 g/mol. The number of halogens is 7. The van der Waals surface area contributed by atoms with Crippen LogP contribution in [0.1, 0.15) is 15.9 Å². The van der Waals surface area contributed by atoms with Gasteiger partial charge in [-0.1, -0.05) is 23.2 Å². The number of ketones is 1. The average molecular weight is 293 g/mol. The van der Waals surface area contributed by atoms with Crippen LogP contribution in [-0.4, -0.2) is 12.2 Å². The van der Waals surface area contributed by atoms with Gasteiger partial charge >= 0.3 is 12.6 Å². The Morgan fingerprint density at radius 2 is 1.65 bits per heavy atom. The van der Waals surface area contributed by atoms with Gasteiger partial charge in [-0.2, -0.15) is 13.2 Å². The van der Waals surface area contributed by atoms with E-state index in [0.717, 1.165) is 0 Å². The van der Waals surface area contributed by atoms with E-state index >= 15 is 0 Å². The van der Waals surface area contributed by atoms with Crippen LogP contribution in [0.3, 0.4) is 0 Å². The van der Waals surface area contributed by atoms with Crippen LogP contribution in [-0.2, 0) is 6.18 Å². The summed E-state index contributed by atoms with van der Waals surface area (Å²) in [6, 6.07) is 1.01. The maximum Gasteiger partial charge on any atom is 0.417 e. The Hall–Kier alpha value is -0.880. The van der Waals surface area contributed by atoms with Crippen molar-refractivity contribution in [1.29, 1.82) is 0 Å². The van der Waals surface area contributed by atoms with Crippen LogP contribution in [0.4, 0.5) is 22.0 Å². The topological polar surface area (TPSA) is 17.1 Å². The summed E-state index contributed by atoms with van der Waals surface area (Å²) in [6.07, 6.45) is -8.13. The van der Waals surface area contributed by atoms with Crippen molar-refractivity contribution in [3.63, 3.8) is 0 Å². The highest BCUT2D eigenvalue weighted by molar-refractivity contribution is 6.44. The zero-order valence-corrected chi connectivity index (χ0v) is 9.30. The summed E-state index contributed by atoms with van der Waals surface area (Å²) >= 11 is 10.6. The molecule has 0 N–H and O–H groups in total. The summed E-state index contributed by atoms with van der Waals surface area (Å²) in [7, 11) is 0. The van der Waals surface area contributed by atoms with Crippen LogP contribution in [0, 0.1) is 0 Å². The van der Waals surface area contributed by atoms with Gasteiger partial charge in [0.2, 0.25) is 5.78 Å². The Kier molecular flexibility index (Phi) is 3.99. The lowest BCUT2D eigenvalue weighted by atomic mass is 10.1. The number of hydrogen-bond donors (Lipinski definition) is 0. The molecule has 0 spiro atoms. The van der Waals surface area contributed by atoms with Crippen molar-refractivity contribution in [2.24, 2.45) is 0 Å². The summed E-state index contributed by atoms with van der Waals surface area (Å²) in [4.78, 5) is 10.9. The van der Waals surface area contributed by atoms with E-state index in [-0.39, 0.29) is 0 Å². The first-order chi connectivity index (χ1) is 7.66. The first-order valence-corrected chi connectivity index (χ1v) is 4.79. The number of benzene rings is 1. The number of hydrogen-bond acceptors (Lipinski definition) is 1. The third-order valence-electron chi connectivity index (χ3n) is 1.85. The van der Waals surface area contributed by atoms with Gasteiger partial charge in [0.25, 0.3) is 0 Å². The third kappa shape index (κ3) is 2.87. The van der Waals surface area contributed by atoms with Crippen LogP contribution < -0.4 is 0 Å². The van der Waals surface area contributed by atoms with E-state index < -0.39 is 39.6 Å². The van der Waals surface area contributed by atoms with Crippen molar-refractivity contribution >= 4 is 29.0 Å². The predicted octanol–water partition coefficient (Wildman–Crippen LogP) is 4.46. The maximum absolute atomic E-state index is 12.3. The molecule has 0 fully saturated rings. The standard InChI is InChI=1S/C9H3Cl2F5O/c10-5-3(7(17)8(12)13)1-2-4(6(5)11)9(14,15)16/h1-2,8H. The van der Waals surface area contributed by atoms with Crippen molar-refractivity contribution in [2.45, 2.75) is 12.6 Å². The van der Waals surface area contributed by atoms with Crippen molar-refractivity contribution < 1.29 is 26.7 Å². The lowest BCUT2D eigenvalue weighted by molar-refractivity contribution is -0.137. The van der Waals surface area contributed by atoms with Crippen LogP contribution >= 0.6 is 23.2 Å².